The lowest BCUT2D eigenvalue weighted by Gasteiger charge is -2.10. The molecule has 0 fully saturated rings. The van der Waals surface area contributed by atoms with Crippen molar-refractivity contribution in [3.8, 4) is 0 Å². The predicted molar refractivity (Wildman–Crippen MR) is 55.2 cm³/mol. The molecule has 7 nitrogen and oxygen atoms in total. The number of hydrogen-bond acceptors (Lipinski definition) is 5. The van der Waals surface area contributed by atoms with Crippen LogP contribution >= 0.6 is 0 Å². The van der Waals surface area contributed by atoms with Gasteiger partial charge in [0.1, 0.15) is 0 Å². The Bertz CT molecular complexity index is 350. The fourth-order valence-electron chi connectivity index (χ4n) is 0.971. The minimum Gasteiger partial charge on any atom is -0.481 e. The van der Waals surface area contributed by atoms with E-state index in [0.717, 1.165) is 0 Å². The molecular formula is C8H15NO6S. The second kappa shape index (κ2) is 6.44. The van der Waals surface area contributed by atoms with E-state index in [0.29, 0.717) is 0 Å². The molecule has 0 amide bonds. The molecule has 0 aromatic rings. The third-order valence-corrected chi connectivity index (χ3v) is 3.32. The van der Waals surface area contributed by atoms with Gasteiger partial charge in [0, 0.05) is 6.54 Å². The first-order valence-corrected chi connectivity index (χ1v) is 6.20. The molecule has 0 aromatic carbocycles. The molecule has 0 radical (unpaired) electrons. The van der Waals surface area contributed by atoms with Crippen molar-refractivity contribution in [3.05, 3.63) is 0 Å². The smallest absolute Gasteiger partial charge is 0.309 e. The second-order valence-electron chi connectivity index (χ2n) is 3.24. The molecule has 0 aliphatic carbocycles. The maximum Gasteiger partial charge on any atom is 0.309 e. The van der Waals surface area contributed by atoms with E-state index >= 15 is 0 Å². The van der Waals surface area contributed by atoms with E-state index in [2.05, 4.69) is 9.46 Å². The number of ether oxygens (including phenoxy) is 1. The van der Waals surface area contributed by atoms with Crippen molar-refractivity contribution in [2.45, 2.75) is 13.3 Å². The number of esters is 1. The number of carboxylic acid groups (broad SMARTS) is 1. The molecule has 0 spiro atoms. The van der Waals surface area contributed by atoms with Crippen molar-refractivity contribution in [1.82, 2.24) is 4.72 Å². The number of sulfonamides is 1. The van der Waals surface area contributed by atoms with Crippen molar-refractivity contribution in [3.63, 3.8) is 0 Å². The Balaban J connectivity index is 4.15. The molecule has 16 heavy (non-hydrogen) atoms. The molecule has 0 aliphatic heterocycles. The van der Waals surface area contributed by atoms with Gasteiger partial charge in [0.05, 0.1) is 25.2 Å². The summed E-state index contributed by atoms with van der Waals surface area (Å²) in [6.07, 6.45) is -0.300. The highest BCUT2D eigenvalue weighted by molar-refractivity contribution is 7.89. The number of methoxy groups -OCH3 is 1. The van der Waals surface area contributed by atoms with E-state index in [-0.39, 0.29) is 13.0 Å². The topological polar surface area (TPSA) is 110 Å². The molecule has 1 unspecified atom stereocenters. The second-order valence-corrected chi connectivity index (χ2v) is 5.10. The molecule has 0 aromatic heterocycles. The number of carbonyl (C=O) groups excluding carboxylic acids is 1. The zero-order valence-corrected chi connectivity index (χ0v) is 9.91. The molecule has 94 valence electrons. The first-order valence-electron chi connectivity index (χ1n) is 4.55. The molecule has 0 bridgehead atoms. The van der Waals surface area contributed by atoms with E-state index in [4.69, 9.17) is 5.11 Å². The van der Waals surface area contributed by atoms with E-state index in [1.807, 2.05) is 0 Å². The fraction of sp³-hybridized carbons (Fsp3) is 0.750. The quantitative estimate of drug-likeness (QED) is 0.574. The average Bonchev–Trinajstić information content (AvgIpc) is 2.14. The van der Waals surface area contributed by atoms with Crippen LogP contribution in [0.4, 0.5) is 0 Å². The Kier molecular flexibility index (Phi) is 5.97. The van der Waals surface area contributed by atoms with E-state index in [9.17, 15) is 18.0 Å². The Morgan fingerprint density at radius 1 is 1.44 bits per heavy atom. The summed E-state index contributed by atoms with van der Waals surface area (Å²) in [7, 11) is -2.48. The van der Waals surface area contributed by atoms with Gasteiger partial charge in [-0.05, 0) is 0 Å². The third kappa shape index (κ3) is 6.36. The van der Waals surface area contributed by atoms with Crippen LogP contribution in [0.3, 0.4) is 0 Å². The van der Waals surface area contributed by atoms with Crippen molar-refractivity contribution in [2.75, 3.05) is 19.4 Å². The number of nitrogens with one attached hydrogen (secondary N) is 1. The van der Waals surface area contributed by atoms with Gasteiger partial charge in [-0.2, -0.15) is 0 Å². The average molecular weight is 253 g/mol. The molecule has 0 heterocycles. The molecule has 0 saturated carbocycles. The van der Waals surface area contributed by atoms with Crippen LogP contribution in [-0.4, -0.2) is 44.9 Å². The van der Waals surface area contributed by atoms with Gasteiger partial charge in [-0.15, -0.1) is 0 Å². The molecule has 0 saturated heterocycles. The molecule has 0 rings (SSSR count). The van der Waals surface area contributed by atoms with Crippen molar-refractivity contribution < 1.29 is 27.9 Å². The van der Waals surface area contributed by atoms with E-state index < -0.39 is 33.6 Å². The third-order valence-electron chi connectivity index (χ3n) is 1.73. The highest BCUT2D eigenvalue weighted by Crippen LogP contribution is 2.01. The first kappa shape index (κ1) is 14.8. The monoisotopic (exact) mass is 253 g/mol. The van der Waals surface area contributed by atoms with Gasteiger partial charge in [0.15, 0.2) is 0 Å². The van der Waals surface area contributed by atoms with Crippen LogP contribution in [0.1, 0.15) is 13.3 Å². The number of hydrogen-bond donors (Lipinski definition) is 2. The molecule has 1 atom stereocenters. The van der Waals surface area contributed by atoms with Gasteiger partial charge in [-0.1, -0.05) is 6.92 Å². The Morgan fingerprint density at radius 2 is 2.00 bits per heavy atom. The summed E-state index contributed by atoms with van der Waals surface area (Å²) in [5, 5.41) is 8.31. The van der Waals surface area contributed by atoms with Crippen LogP contribution in [0.2, 0.25) is 0 Å². The number of aliphatic carboxylic acids is 1. The lowest BCUT2D eigenvalue weighted by atomic mass is 10.2. The molecule has 8 heteroatoms. The highest BCUT2D eigenvalue weighted by atomic mass is 32.2. The Hall–Kier alpha value is -1.15. The summed E-state index contributed by atoms with van der Waals surface area (Å²) in [5.74, 6) is -2.92. The Labute approximate surface area is 93.8 Å². The van der Waals surface area contributed by atoms with E-state index in [1.165, 1.54) is 14.0 Å². The van der Waals surface area contributed by atoms with Crippen LogP contribution < -0.4 is 4.72 Å². The molecule has 0 aliphatic rings. The standard InChI is InChI=1S/C8H15NO6S/c1-6(8(12)15-2)5-16(13,14)9-4-3-7(10)11/h6,9H,3-5H2,1-2H3,(H,10,11). The maximum atomic E-state index is 11.3. The minimum absolute atomic E-state index is 0.189. The molecule has 2 N–H and O–H groups in total. The van der Waals surface area contributed by atoms with Gasteiger partial charge in [0.25, 0.3) is 0 Å². The van der Waals surface area contributed by atoms with Crippen molar-refractivity contribution in [1.29, 1.82) is 0 Å². The van der Waals surface area contributed by atoms with Crippen LogP contribution in [0, 0.1) is 5.92 Å². The van der Waals surface area contributed by atoms with Gasteiger partial charge >= 0.3 is 11.9 Å². The van der Waals surface area contributed by atoms with Gasteiger partial charge in [-0.3, -0.25) is 9.59 Å². The van der Waals surface area contributed by atoms with Crippen LogP contribution in [0.5, 0.6) is 0 Å². The van der Waals surface area contributed by atoms with Crippen molar-refractivity contribution in [2.24, 2.45) is 5.92 Å². The summed E-state index contributed by atoms with van der Waals surface area (Å²) < 4.78 is 29.1. The number of carboxylic acids is 1. The first-order chi connectivity index (χ1) is 7.28. The zero-order chi connectivity index (χ0) is 12.8. The van der Waals surface area contributed by atoms with Gasteiger partial charge < -0.3 is 9.84 Å². The summed E-state index contributed by atoms with van der Waals surface area (Å²) in [5.41, 5.74) is 0. The van der Waals surface area contributed by atoms with Crippen LogP contribution in [0.25, 0.3) is 0 Å². The normalized spacial score (nSPS) is 13.1. The van der Waals surface area contributed by atoms with Gasteiger partial charge in [0.2, 0.25) is 10.0 Å². The molecular weight excluding hydrogens is 238 g/mol. The Morgan fingerprint density at radius 3 is 2.44 bits per heavy atom. The predicted octanol–water partition coefficient (Wildman–Crippen LogP) is -0.810. The minimum atomic E-state index is -3.65. The zero-order valence-electron chi connectivity index (χ0n) is 9.10. The highest BCUT2D eigenvalue weighted by Gasteiger charge is 2.21. The summed E-state index contributed by atoms with van der Waals surface area (Å²) in [6, 6.07) is 0. The number of rotatable bonds is 7. The largest absolute Gasteiger partial charge is 0.481 e. The lowest BCUT2D eigenvalue weighted by Crippen LogP contribution is -2.33. The van der Waals surface area contributed by atoms with Gasteiger partial charge in [-0.25, -0.2) is 13.1 Å². The summed E-state index contributed by atoms with van der Waals surface area (Å²) in [4.78, 5) is 21.1. The van der Waals surface area contributed by atoms with Crippen LogP contribution in [-0.2, 0) is 24.3 Å². The fourth-order valence-corrected chi connectivity index (χ4v) is 2.30. The lowest BCUT2D eigenvalue weighted by molar-refractivity contribution is -0.144. The maximum absolute atomic E-state index is 11.3. The number of carbonyl (C=O) groups is 2. The summed E-state index contributed by atoms with van der Waals surface area (Å²) >= 11 is 0. The van der Waals surface area contributed by atoms with Crippen molar-refractivity contribution >= 4 is 22.0 Å². The van der Waals surface area contributed by atoms with Crippen LogP contribution in [0.15, 0.2) is 0 Å². The van der Waals surface area contributed by atoms with E-state index in [1.54, 1.807) is 0 Å². The summed E-state index contributed by atoms with van der Waals surface area (Å²) in [6.45, 7) is 1.23. The SMILES string of the molecule is COC(=O)C(C)CS(=O)(=O)NCCC(=O)O.